The van der Waals surface area contributed by atoms with E-state index in [0.29, 0.717) is 16.7 Å². The Labute approximate surface area is 216 Å². The lowest BCUT2D eigenvalue weighted by molar-refractivity contribution is -0.141. The highest BCUT2D eigenvalue weighted by atomic mass is 32.2. The molecule has 2 amide bonds. The molecular formula is C27H30FN3O5S. The minimum absolute atomic E-state index is 0.0236. The summed E-state index contributed by atoms with van der Waals surface area (Å²) in [6.07, 6.45) is 1.02. The average molecular weight is 528 g/mol. The Bertz CT molecular complexity index is 1270. The molecular weight excluding hydrogens is 497 g/mol. The average Bonchev–Trinajstić information content (AvgIpc) is 2.88. The Balaban J connectivity index is 2.00. The van der Waals surface area contributed by atoms with Crippen LogP contribution in [0, 0.1) is 5.82 Å². The van der Waals surface area contributed by atoms with Gasteiger partial charge in [-0.25, -0.2) is 12.8 Å². The summed E-state index contributed by atoms with van der Waals surface area (Å²) in [6, 6.07) is 21.8. The minimum Gasteiger partial charge on any atom is -0.395 e. The van der Waals surface area contributed by atoms with E-state index in [1.54, 1.807) is 60.7 Å². The van der Waals surface area contributed by atoms with Crippen molar-refractivity contribution in [3.8, 4) is 0 Å². The van der Waals surface area contributed by atoms with Crippen molar-refractivity contribution in [1.82, 2.24) is 14.5 Å². The highest BCUT2D eigenvalue weighted by molar-refractivity contribution is 7.88. The molecule has 3 aromatic rings. The van der Waals surface area contributed by atoms with Crippen LogP contribution in [0.1, 0.15) is 22.7 Å². The maximum atomic E-state index is 13.8. The summed E-state index contributed by atoms with van der Waals surface area (Å²) >= 11 is 0. The normalized spacial score (nSPS) is 12.2. The largest absolute Gasteiger partial charge is 0.395 e. The quantitative estimate of drug-likeness (QED) is 0.376. The van der Waals surface area contributed by atoms with Gasteiger partial charge in [0, 0.05) is 19.6 Å². The van der Waals surface area contributed by atoms with Crippen LogP contribution in [0.2, 0.25) is 0 Å². The summed E-state index contributed by atoms with van der Waals surface area (Å²) in [5.41, 5.74) is 1.76. The number of halogens is 1. The van der Waals surface area contributed by atoms with Gasteiger partial charge in [-0.3, -0.25) is 9.59 Å². The molecule has 0 aliphatic carbocycles. The van der Waals surface area contributed by atoms with Crippen molar-refractivity contribution >= 4 is 21.8 Å². The Hall–Kier alpha value is -3.60. The van der Waals surface area contributed by atoms with Crippen molar-refractivity contribution in [3.63, 3.8) is 0 Å². The van der Waals surface area contributed by atoms with E-state index < -0.39 is 40.2 Å². The smallest absolute Gasteiger partial charge is 0.247 e. The fourth-order valence-electron chi connectivity index (χ4n) is 3.81. The van der Waals surface area contributed by atoms with Crippen LogP contribution >= 0.6 is 0 Å². The van der Waals surface area contributed by atoms with Gasteiger partial charge < -0.3 is 15.3 Å². The molecule has 0 spiro atoms. The molecule has 0 unspecified atom stereocenters. The van der Waals surface area contributed by atoms with E-state index in [-0.39, 0.29) is 26.2 Å². The summed E-state index contributed by atoms with van der Waals surface area (Å²) in [7, 11) is -3.79. The van der Waals surface area contributed by atoms with Crippen LogP contribution in [-0.2, 0) is 32.7 Å². The maximum absolute atomic E-state index is 13.8. The molecule has 3 rings (SSSR count). The molecule has 0 saturated carbocycles. The molecule has 3 aromatic carbocycles. The van der Waals surface area contributed by atoms with Crippen LogP contribution in [-0.4, -0.2) is 60.5 Å². The van der Waals surface area contributed by atoms with E-state index in [4.69, 9.17) is 0 Å². The zero-order valence-electron chi connectivity index (χ0n) is 20.5. The van der Waals surface area contributed by atoms with Gasteiger partial charge in [0.25, 0.3) is 0 Å². The Kier molecular flexibility index (Phi) is 9.90. The summed E-state index contributed by atoms with van der Waals surface area (Å²) < 4.78 is 39.8. The molecule has 0 aromatic heterocycles. The van der Waals surface area contributed by atoms with Gasteiger partial charge in [0.15, 0.2) is 0 Å². The van der Waals surface area contributed by atoms with Gasteiger partial charge in [-0.05, 0) is 28.8 Å². The number of aliphatic hydroxyl groups excluding tert-OH is 1. The van der Waals surface area contributed by atoms with Gasteiger partial charge in [-0.1, -0.05) is 72.8 Å². The standard InChI is InChI=1S/C27H30FN3O5S/c1-37(35,36)30(18-21-8-4-2-5-9-21)20-25(33)31(19-22-12-14-24(28)15-13-22)26(27(34)29-16-17-32)23-10-6-3-7-11-23/h2-15,26,32H,16-20H2,1H3,(H,29,34)/t26-/m1/s1. The van der Waals surface area contributed by atoms with Gasteiger partial charge in [0.05, 0.1) is 19.4 Å². The second-order valence-corrected chi connectivity index (χ2v) is 10.5. The number of hydrogen-bond acceptors (Lipinski definition) is 5. The predicted octanol–water partition coefficient (Wildman–Crippen LogP) is 2.47. The second kappa shape index (κ2) is 13.1. The minimum atomic E-state index is -3.79. The third-order valence-corrected chi connectivity index (χ3v) is 6.85. The number of carbonyl (C=O) groups excluding carboxylic acids is 2. The maximum Gasteiger partial charge on any atom is 0.247 e. The van der Waals surface area contributed by atoms with Crippen LogP contribution in [0.3, 0.4) is 0 Å². The monoisotopic (exact) mass is 527 g/mol. The number of nitrogens with zero attached hydrogens (tertiary/aromatic N) is 2. The first-order chi connectivity index (χ1) is 17.7. The number of rotatable bonds is 12. The van der Waals surface area contributed by atoms with Crippen molar-refractivity contribution in [2.24, 2.45) is 0 Å². The topological polar surface area (TPSA) is 107 Å². The highest BCUT2D eigenvalue weighted by Gasteiger charge is 2.33. The molecule has 0 heterocycles. The van der Waals surface area contributed by atoms with Gasteiger partial charge in [-0.2, -0.15) is 4.31 Å². The molecule has 0 radical (unpaired) electrons. The van der Waals surface area contributed by atoms with E-state index >= 15 is 0 Å². The van der Waals surface area contributed by atoms with Crippen LogP contribution in [0.25, 0.3) is 0 Å². The first-order valence-corrected chi connectivity index (χ1v) is 13.5. The van der Waals surface area contributed by atoms with Crippen LogP contribution in [0.4, 0.5) is 4.39 Å². The summed E-state index contributed by atoms with van der Waals surface area (Å²) in [5.74, 6) is -1.60. The van der Waals surface area contributed by atoms with Gasteiger partial charge in [0.2, 0.25) is 21.8 Å². The van der Waals surface area contributed by atoms with Crippen LogP contribution in [0.15, 0.2) is 84.9 Å². The van der Waals surface area contributed by atoms with Crippen LogP contribution < -0.4 is 5.32 Å². The van der Waals surface area contributed by atoms with Crippen molar-refractivity contribution in [3.05, 3.63) is 107 Å². The lowest BCUT2D eigenvalue weighted by Gasteiger charge is -2.33. The number of sulfonamides is 1. The SMILES string of the molecule is CS(=O)(=O)N(CC(=O)N(Cc1ccc(F)cc1)[C@@H](C(=O)NCCO)c1ccccc1)Cc1ccccc1. The fourth-order valence-corrected chi connectivity index (χ4v) is 4.54. The molecule has 1 atom stereocenters. The van der Waals surface area contributed by atoms with Crippen LogP contribution in [0.5, 0.6) is 0 Å². The molecule has 0 aliphatic heterocycles. The van der Waals surface area contributed by atoms with Crippen molar-refractivity contribution in [2.45, 2.75) is 19.1 Å². The van der Waals surface area contributed by atoms with Crippen molar-refractivity contribution < 1.29 is 27.5 Å². The van der Waals surface area contributed by atoms with E-state index in [0.717, 1.165) is 10.6 Å². The summed E-state index contributed by atoms with van der Waals surface area (Å²) in [5, 5.41) is 11.8. The fraction of sp³-hybridized carbons (Fsp3) is 0.259. The molecule has 0 fully saturated rings. The van der Waals surface area contributed by atoms with E-state index in [9.17, 15) is 27.5 Å². The number of hydrogen-bond donors (Lipinski definition) is 2. The zero-order chi connectivity index (χ0) is 26.8. The number of carbonyl (C=O) groups is 2. The Morgan fingerprint density at radius 2 is 1.46 bits per heavy atom. The predicted molar refractivity (Wildman–Crippen MR) is 138 cm³/mol. The molecule has 8 nitrogen and oxygen atoms in total. The van der Waals surface area contributed by atoms with Crippen molar-refractivity contribution in [2.75, 3.05) is 26.0 Å². The van der Waals surface area contributed by atoms with Gasteiger partial charge in [0.1, 0.15) is 11.9 Å². The molecule has 2 N–H and O–H groups in total. The molecule has 196 valence electrons. The molecule has 10 heteroatoms. The van der Waals surface area contributed by atoms with E-state index in [2.05, 4.69) is 5.32 Å². The zero-order valence-corrected chi connectivity index (χ0v) is 21.3. The summed E-state index contributed by atoms with van der Waals surface area (Å²) in [4.78, 5) is 28.3. The lowest BCUT2D eigenvalue weighted by atomic mass is 10.0. The third kappa shape index (κ3) is 8.21. The van der Waals surface area contributed by atoms with Crippen molar-refractivity contribution in [1.29, 1.82) is 0 Å². The number of aliphatic hydroxyl groups is 1. The summed E-state index contributed by atoms with van der Waals surface area (Å²) in [6.45, 7) is -0.926. The first kappa shape index (κ1) is 28.0. The second-order valence-electron chi connectivity index (χ2n) is 8.49. The van der Waals surface area contributed by atoms with E-state index in [1.165, 1.54) is 29.2 Å². The van der Waals surface area contributed by atoms with Gasteiger partial charge in [-0.15, -0.1) is 0 Å². The Morgan fingerprint density at radius 1 is 0.892 bits per heavy atom. The third-order valence-electron chi connectivity index (χ3n) is 5.66. The first-order valence-electron chi connectivity index (χ1n) is 11.7. The highest BCUT2D eigenvalue weighted by Crippen LogP contribution is 2.25. The molecule has 0 saturated heterocycles. The number of benzene rings is 3. The molecule has 37 heavy (non-hydrogen) atoms. The lowest BCUT2D eigenvalue weighted by Crippen LogP contribution is -2.48. The molecule has 0 aliphatic rings. The van der Waals surface area contributed by atoms with E-state index in [1.807, 2.05) is 0 Å². The van der Waals surface area contributed by atoms with Gasteiger partial charge >= 0.3 is 0 Å². The number of nitrogens with one attached hydrogen (secondary N) is 1. The molecule has 0 bridgehead atoms. The Morgan fingerprint density at radius 3 is 2.03 bits per heavy atom. The number of amides is 2.